The van der Waals surface area contributed by atoms with E-state index >= 15 is 0 Å². The first-order valence-electron chi connectivity index (χ1n) is 9.62. The van der Waals surface area contributed by atoms with Gasteiger partial charge in [-0.2, -0.15) is 0 Å². The lowest BCUT2D eigenvalue weighted by molar-refractivity contribution is 0.184. The van der Waals surface area contributed by atoms with Gasteiger partial charge in [-0.25, -0.2) is 18.7 Å². The molecule has 160 valence electrons. The standard InChI is InChI=1S/C22H21FN4O4/c1-30-11-10-26-21(28)19-20(24-14-25(19)13-15-6-3-4-9-18(15)23)27(22(26)29)16-7-5-8-17(12-16)31-2/h3-9,12,14H,10-11,13H2,1-2H3. The van der Waals surface area contributed by atoms with Crippen molar-refractivity contribution in [2.75, 3.05) is 20.8 Å². The fourth-order valence-corrected chi connectivity index (χ4v) is 3.47. The van der Waals surface area contributed by atoms with Crippen molar-refractivity contribution in [3.8, 4) is 11.4 Å². The third kappa shape index (κ3) is 3.75. The zero-order chi connectivity index (χ0) is 22.0. The molecule has 9 heteroatoms. The quantitative estimate of drug-likeness (QED) is 0.454. The molecule has 0 unspecified atom stereocenters. The highest BCUT2D eigenvalue weighted by Gasteiger charge is 2.20. The number of imidazole rings is 1. The number of benzene rings is 2. The molecule has 4 aromatic rings. The molecule has 0 amide bonds. The monoisotopic (exact) mass is 424 g/mol. The Balaban J connectivity index is 1.99. The molecule has 0 saturated heterocycles. The minimum Gasteiger partial charge on any atom is -0.497 e. The molecule has 4 rings (SSSR count). The summed E-state index contributed by atoms with van der Waals surface area (Å²) in [5.41, 5.74) is 0.236. The average molecular weight is 424 g/mol. The first kappa shape index (κ1) is 20.5. The lowest BCUT2D eigenvalue weighted by atomic mass is 10.2. The van der Waals surface area contributed by atoms with Crippen LogP contribution >= 0.6 is 0 Å². The molecule has 0 aliphatic rings. The molecular formula is C22H21FN4O4. The van der Waals surface area contributed by atoms with E-state index in [0.717, 1.165) is 4.57 Å². The van der Waals surface area contributed by atoms with Gasteiger partial charge < -0.3 is 14.0 Å². The predicted molar refractivity (Wildman–Crippen MR) is 114 cm³/mol. The first-order chi connectivity index (χ1) is 15.0. The molecule has 2 aromatic carbocycles. The van der Waals surface area contributed by atoms with E-state index in [1.807, 2.05) is 0 Å². The molecule has 0 spiro atoms. The number of methoxy groups -OCH3 is 2. The minimum absolute atomic E-state index is 0.0684. The van der Waals surface area contributed by atoms with Gasteiger partial charge in [0.15, 0.2) is 11.2 Å². The zero-order valence-corrected chi connectivity index (χ0v) is 17.1. The molecule has 0 fully saturated rings. The van der Waals surface area contributed by atoms with Gasteiger partial charge in [-0.1, -0.05) is 24.3 Å². The second-order valence-corrected chi connectivity index (χ2v) is 6.91. The van der Waals surface area contributed by atoms with Crippen LogP contribution in [-0.4, -0.2) is 39.5 Å². The maximum absolute atomic E-state index is 14.2. The number of aromatic nitrogens is 4. The molecule has 0 aliphatic carbocycles. The van der Waals surface area contributed by atoms with Gasteiger partial charge in [-0.05, 0) is 18.2 Å². The van der Waals surface area contributed by atoms with Crippen molar-refractivity contribution >= 4 is 11.2 Å². The molecule has 0 saturated carbocycles. The number of nitrogens with zero attached hydrogens (tertiary/aromatic N) is 4. The van der Waals surface area contributed by atoms with Crippen LogP contribution in [0.4, 0.5) is 4.39 Å². The van der Waals surface area contributed by atoms with Crippen molar-refractivity contribution in [3.63, 3.8) is 0 Å². The Kier molecular flexibility index (Phi) is 5.68. The third-order valence-electron chi connectivity index (χ3n) is 5.03. The van der Waals surface area contributed by atoms with Gasteiger partial charge in [0.1, 0.15) is 11.6 Å². The van der Waals surface area contributed by atoms with Crippen LogP contribution in [0.2, 0.25) is 0 Å². The number of ether oxygens (including phenoxy) is 2. The van der Waals surface area contributed by atoms with Crippen molar-refractivity contribution in [1.29, 1.82) is 0 Å². The molecule has 8 nitrogen and oxygen atoms in total. The lowest BCUT2D eigenvalue weighted by Crippen LogP contribution is -2.41. The van der Waals surface area contributed by atoms with E-state index in [9.17, 15) is 14.0 Å². The number of halogens is 1. The first-order valence-corrected chi connectivity index (χ1v) is 9.62. The van der Waals surface area contributed by atoms with Crippen molar-refractivity contribution in [3.05, 3.63) is 87.1 Å². The Morgan fingerprint density at radius 2 is 1.87 bits per heavy atom. The molecular weight excluding hydrogens is 403 g/mol. The predicted octanol–water partition coefficient (Wildman–Crippen LogP) is 2.19. The normalized spacial score (nSPS) is 11.2. The molecule has 2 heterocycles. The van der Waals surface area contributed by atoms with E-state index in [0.29, 0.717) is 17.0 Å². The maximum atomic E-state index is 14.2. The largest absolute Gasteiger partial charge is 0.497 e. The van der Waals surface area contributed by atoms with E-state index in [1.54, 1.807) is 47.0 Å². The summed E-state index contributed by atoms with van der Waals surface area (Å²) in [7, 11) is 3.02. The Hall–Kier alpha value is -3.72. The maximum Gasteiger partial charge on any atom is 0.337 e. The lowest BCUT2D eigenvalue weighted by Gasteiger charge is -2.13. The molecule has 31 heavy (non-hydrogen) atoms. The van der Waals surface area contributed by atoms with Crippen LogP contribution in [0.25, 0.3) is 16.9 Å². The Bertz CT molecular complexity index is 1360. The van der Waals surface area contributed by atoms with Gasteiger partial charge >= 0.3 is 5.69 Å². The van der Waals surface area contributed by atoms with E-state index in [2.05, 4.69) is 4.98 Å². The average Bonchev–Trinajstić information content (AvgIpc) is 3.19. The molecule has 0 bridgehead atoms. The minimum atomic E-state index is -0.543. The highest BCUT2D eigenvalue weighted by molar-refractivity contribution is 5.72. The summed E-state index contributed by atoms with van der Waals surface area (Å²) in [4.78, 5) is 30.8. The second-order valence-electron chi connectivity index (χ2n) is 6.91. The number of hydrogen-bond acceptors (Lipinski definition) is 5. The van der Waals surface area contributed by atoms with Crippen LogP contribution in [0.5, 0.6) is 5.75 Å². The Morgan fingerprint density at radius 3 is 2.61 bits per heavy atom. The van der Waals surface area contributed by atoms with E-state index < -0.39 is 11.2 Å². The van der Waals surface area contributed by atoms with E-state index in [-0.39, 0.29) is 36.7 Å². The van der Waals surface area contributed by atoms with Crippen LogP contribution in [0.15, 0.2) is 64.4 Å². The molecule has 0 radical (unpaired) electrons. The molecule has 0 atom stereocenters. The van der Waals surface area contributed by atoms with Gasteiger partial charge in [0.2, 0.25) is 0 Å². The summed E-state index contributed by atoms with van der Waals surface area (Å²) in [5.74, 6) is 0.170. The summed E-state index contributed by atoms with van der Waals surface area (Å²) in [6.07, 6.45) is 1.44. The molecule has 0 N–H and O–H groups in total. The van der Waals surface area contributed by atoms with Crippen LogP contribution in [0.1, 0.15) is 5.56 Å². The van der Waals surface area contributed by atoms with Crippen LogP contribution < -0.4 is 16.0 Å². The Labute approximate surface area is 176 Å². The number of hydrogen-bond donors (Lipinski definition) is 0. The fraction of sp³-hybridized carbons (Fsp3) is 0.227. The Morgan fingerprint density at radius 1 is 1.06 bits per heavy atom. The van der Waals surface area contributed by atoms with Crippen LogP contribution in [0, 0.1) is 5.82 Å². The van der Waals surface area contributed by atoms with Crippen molar-refractivity contribution in [2.24, 2.45) is 0 Å². The van der Waals surface area contributed by atoms with E-state index in [1.165, 1.54) is 31.2 Å². The van der Waals surface area contributed by atoms with E-state index in [4.69, 9.17) is 9.47 Å². The summed E-state index contributed by atoms with van der Waals surface area (Å²) in [5, 5.41) is 0. The summed E-state index contributed by atoms with van der Waals surface area (Å²) < 4.78 is 28.6. The van der Waals surface area contributed by atoms with Gasteiger partial charge in [-0.3, -0.25) is 9.36 Å². The van der Waals surface area contributed by atoms with Crippen molar-refractivity contribution in [2.45, 2.75) is 13.1 Å². The highest BCUT2D eigenvalue weighted by Crippen LogP contribution is 2.19. The van der Waals surface area contributed by atoms with Gasteiger partial charge in [0.25, 0.3) is 5.56 Å². The van der Waals surface area contributed by atoms with Gasteiger partial charge in [0.05, 0.1) is 38.8 Å². The van der Waals surface area contributed by atoms with Crippen LogP contribution in [0.3, 0.4) is 0 Å². The summed E-state index contributed by atoms with van der Waals surface area (Å²) >= 11 is 0. The summed E-state index contributed by atoms with van der Waals surface area (Å²) in [6.45, 7) is 0.345. The molecule has 2 aromatic heterocycles. The van der Waals surface area contributed by atoms with Crippen molar-refractivity contribution < 1.29 is 13.9 Å². The van der Waals surface area contributed by atoms with Gasteiger partial charge in [-0.15, -0.1) is 0 Å². The van der Waals surface area contributed by atoms with Crippen molar-refractivity contribution in [1.82, 2.24) is 18.7 Å². The van der Waals surface area contributed by atoms with Gasteiger partial charge in [0, 0.05) is 18.7 Å². The number of rotatable bonds is 7. The number of fused-ring (bicyclic) bond motifs is 1. The summed E-state index contributed by atoms with van der Waals surface area (Å²) in [6, 6.07) is 13.2. The third-order valence-corrected chi connectivity index (χ3v) is 5.03. The topological polar surface area (TPSA) is 80.3 Å². The smallest absolute Gasteiger partial charge is 0.337 e. The fourth-order valence-electron chi connectivity index (χ4n) is 3.47. The highest BCUT2D eigenvalue weighted by atomic mass is 19.1. The second kappa shape index (κ2) is 8.57. The SMILES string of the molecule is COCCn1c(=O)c2c(ncn2Cc2ccccc2F)n(-c2cccc(OC)c2)c1=O. The molecule has 0 aliphatic heterocycles. The zero-order valence-electron chi connectivity index (χ0n) is 17.1. The van der Waals surface area contributed by atoms with Crippen LogP contribution in [-0.2, 0) is 17.8 Å².